The summed E-state index contributed by atoms with van der Waals surface area (Å²) in [6, 6.07) is 18.8. The molecule has 0 radical (unpaired) electrons. The van der Waals surface area contributed by atoms with E-state index in [4.69, 9.17) is 4.74 Å². The van der Waals surface area contributed by atoms with E-state index in [1.165, 1.54) is 0 Å². The molecule has 2 atom stereocenters. The highest BCUT2D eigenvalue weighted by Gasteiger charge is 2.23. The molecule has 0 saturated carbocycles. The Morgan fingerprint density at radius 3 is 2.18 bits per heavy atom. The van der Waals surface area contributed by atoms with E-state index in [2.05, 4.69) is 29.0 Å². The maximum Gasteiger partial charge on any atom is 0.240 e. The van der Waals surface area contributed by atoms with Crippen LogP contribution >= 0.6 is 0 Å². The van der Waals surface area contributed by atoms with Crippen molar-refractivity contribution in [2.75, 3.05) is 18.0 Å². The fourth-order valence-corrected chi connectivity index (χ4v) is 4.72. The molecule has 1 fully saturated rings. The maximum absolute atomic E-state index is 12.9. The summed E-state index contributed by atoms with van der Waals surface area (Å²) in [6.45, 7) is 6.28. The molecule has 3 heterocycles. The van der Waals surface area contributed by atoms with Gasteiger partial charge in [-0.1, -0.05) is 30.3 Å². The fourth-order valence-electron chi connectivity index (χ4n) is 4.72. The van der Waals surface area contributed by atoms with Gasteiger partial charge in [0, 0.05) is 36.6 Å². The van der Waals surface area contributed by atoms with Crippen LogP contribution in [0.25, 0.3) is 21.8 Å². The first-order chi connectivity index (χ1) is 16.5. The van der Waals surface area contributed by atoms with Crippen molar-refractivity contribution < 1.29 is 9.53 Å². The Hall–Kier alpha value is -3.71. The van der Waals surface area contributed by atoms with Gasteiger partial charge >= 0.3 is 0 Å². The van der Waals surface area contributed by atoms with E-state index in [0.717, 1.165) is 35.5 Å². The Morgan fingerprint density at radius 1 is 0.971 bits per heavy atom. The third-order valence-electron chi connectivity index (χ3n) is 6.22. The number of aromatic nitrogens is 2. The monoisotopic (exact) mass is 456 g/mol. The Morgan fingerprint density at radius 2 is 1.59 bits per heavy atom. The normalized spacial score (nSPS) is 18.4. The first-order valence-corrected chi connectivity index (χ1v) is 11.6. The van der Waals surface area contributed by atoms with Crippen molar-refractivity contribution in [3.8, 4) is 0 Å². The van der Waals surface area contributed by atoms with Crippen molar-refractivity contribution in [2.24, 2.45) is 0 Å². The number of ether oxygens (including phenoxy) is 1. The summed E-state index contributed by atoms with van der Waals surface area (Å²) in [5.41, 5.74) is 2.42. The second-order valence-electron chi connectivity index (χ2n) is 8.91. The molecule has 0 spiro atoms. The molecule has 0 bridgehead atoms. The van der Waals surface area contributed by atoms with Crippen molar-refractivity contribution in [2.45, 2.75) is 39.1 Å². The average Bonchev–Trinajstić information content (AvgIpc) is 2.85. The number of amides is 1. The first-order valence-electron chi connectivity index (χ1n) is 11.6. The second-order valence-corrected chi connectivity index (χ2v) is 8.91. The molecule has 1 aliphatic rings. The third-order valence-corrected chi connectivity index (χ3v) is 6.22. The number of benzene rings is 2. The molecule has 1 saturated heterocycles. The van der Waals surface area contributed by atoms with Crippen molar-refractivity contribution in [1.29, 1.82) is 0 Å². The number of nitrogens with one attached hydrogen (secondary N) is 1. The van der Waals surface area contributed by atoms with E-state index < -0.39 is 0 Å². The summed E-state index contributed by atoms with van der Waals surface area (Å²) >= 11 is 0. The maximum atomic E-state index is 12.9. The number of fused-ring (bicyclic) bond motifs is 2. The number of carbonyl (C=O) groups is 1. The van der Waals surface area contributed by atoms with Gasteiger partial charge in [0.05, 0.1) is 23.2 Å². The standard InChI is InChI=1S/C27H28N4O3/c1-18-15-30(16-19(2)34-18)25-12-11-20(13-28-25)14-29-26(32)17-31-23-9-5-3-7-21(23)27(33)22-8-4-6-10-24(22)31/h3-13,18-19H,14-17H2,1-2H3,(H,29,32). The van der Waals surface area contributed by atoms with Crippen molar-refractivity contribution in [3.63, 3.8) is 0 Å². The van der Waals surface area contributed by atoms with Gasteiger partial charge in [0.15, 0.2) is 5.43 Å². The second kappa shape index (κ2) is 9.27. The quantitative estimate of drug-likeness (QED) is 0.466. The Labute approximate surface area is 198 Å². The zero-order valence-electron chi connectivity index (χ0n) is 19.4. The minimum atomic E-state index is -0.126. The van der Waals surface area contributed by atoms with Crippen molar-refractivity contribution in [1.82, 2.24) is 14.9 Å². The highest BCUT2D eigenvalue weighted by molar-refractivity contribution is 5.94. The highest BCUT2D eigenvalue weighted by atomic mass is 16.5. The lowest BCUT2D eigenvalue weighted by Crippen LogP contribution is -2.45. The third kappa shape index (κ3) is 4.39. The molecule has 2 aromatic heterocycles. The minimum absolute atomic E-state index is 0.0157. The number of hydrogen-bond donors (Lipinski definition) is 1. The Bertz CT molecular complexity index is 1330. The van der Waals surface area contributed by atoms with Crippen LogP contribution in [0.4, 0.5) is 5.82 Å². The van der Waals surface area contributed by atoms with E-state index in [0.29, 0.717) is 17.3 Å². The molecule has 4 aromatic rings. The predicted octanol–water partition coefficient (Wildman–Crippen LogP) is 3.48. The minimum Gasteiger partial charge on any atom is -0.372 e. The van der Waals surface area contributed by atoms with Crippen LogP contribution in [0.3, 0.4) is 0 Å². The molecule has 174 valence electrons. The molecule has 2 unspecified atom stereocenters. The molecule has 7 heteroatoms. The SMILES string of the molecule is CC1CN(c2ccc(CNC(=O)Cn3c4ccccc4c(=O)c4ccccc43)cn2)CC(C)O1. The molecule has 34 heavy (non-hydrogen) atoms. The number of pyridine rings is 2. The van der Waals surface area contributed by atoms with E-state index in [-0.39, 0.29) is 30.1 Å². The lowest BCUT2D eigenvalue weighted by Gasteiger charge is -2.36. The Kier molecular flexibility index (Phi) is 6.02. The zero-order chi connectivity index (χ0) is 23.7. The van der Waals surface area contributed by atoms with E-state index >= 15 is 0 Å². The van der Waals surface area contributed by atoms with Gasteiger partial charge < -0.3 is 19.5 Å². The van der Waals surface area contributed by atoms with Gasteiger partial charge in [-0.25, -0.2) is 4.98 Å². The van der Waals surface area contributed by atoms with Crippen LogP contribution in [0.2, 0.25) is 0 Å². The van der Waals surface area contributed by atoms with Gasteiger partial charge in [-0.2, -0.15) is 0 Å². The summed E-state index contributed by atoms with van der Waals surface area (Å²) in [6.07, 6.45) is 2.15. The van der Waals surface area contributed by atoms with Crippen molar-refractivity contribution >= 4 is 33.5 Å². The summed E-state index contributed by atoms with van der Waals surface area (Å²) < 4.78 is 7.71. The molecule has 0 aliphatic carbocycles. The molecule has 7 nitrogen and oxygen atoms in total. The number of carbonyl (C=O) groups excluding carboxylic acids is 1. The molecule has 1 N–H and O–H groups in total. The van der Waals surface area contributed by atoms with Gasteiger partial charge in [0.2, 0.25) is 5.91 Å². The number of nitrogens with zero attached hydrogens (tertiary/aromatic N) is 3. The topological polar surface area (TPSA) is 76.5 Å². The first kappa shape index (κ1) is 22.1. The van der Waals surface area contributed by atoms with Crippen LogP contribution in [0, 0.1) is 0 Å². The van der Waals surface area contributed by atoms with E-state index in [9.17, 15) is 9.59 Å². The van der Waals surface area contributed by atoms with Gasteiger partial charge in [-0.3, -0.25) is 9.59 Å². The smallest absolute Gasteiger partial charge is 0.240 e. The van der Waals surface area contributed by atoms with Crippen molar-refractivity contribution in [3.05, 3.63) is 82.6 Å². The summed E-state index contributed by atoms with van der Waals surface area (Å²) in [5, 5.41) is 4.22. The fraction of sp³-hybridized carbons (Fsp3) is 0.296. The van der Waals surface area contributed by atoms with Gasteiger partial charge in [0.1, 0.15) is 12.4 Å². The number of para-hydroxylation sites is 2. The molecule has 1 aliphatic heterocycles. The molecular formula is C27H28N4O3. The summed E-state index contributed by atoms with van der Waals surface area (Å²) in [4.78, 5) is 32.6. The van der Waals surface area contributed by atoms with Crippen LogP contribution in [-0.4, -0.2) is 40.8 Å². The largest absolute Gasteiger partial charge is 0.372 e. The molecule has 1 amide bonds. The lowest BCUT2D eigenvalue weighted by atomic mass is 10.1. The van der Waals surface area contributed by atoms with E-state index in [1.54, 1.807) is 0 Å². The van der Waals surface area contributed by atoms with Gasteiger partial charge in [-0.15, -0.1) is 0 Å². The average molecular weight is 457 g/mol. The highest BCUT2D eigenvalue weighted by Crippen LogP contribution is 2.20. The number of anilines is 1. The number of morpholine rings is 1. The molecule has 5 rings (SSSR count). The van der Waals surface area contributed by atoms with Crippen LogP contribution in [0.5, 0.6) is 0 Å². The molecular weight excluding hydrogens is 428 g/mol. The van der Waals surface area contributed by atoms with Crippen LogP contribution < -0.4 is 15.6 Å². The molecule has 2 aromatic carbocycles. The number of rotatable bonds is 5. The lowest BCUT2D eigenvalue weighted by molar-refractivity contribution is -0.121. The van der Waals surface area contributed by atoms with Gasteiger partial charge in [0.25, 0.3) is 0 Å². The summed E-state index contributed by atoms with van der Waals surface area (Å²) in [7, 11) is 0. The Balaban J connectivity index is 1.31. The van der Waals surface area contributed by atoms with E-state index in [1.807, 2.05) is 71.4 Å². The number of hydrogen-bond acceptors (Lipinski definition) is 5. The zero-order valence-corrected chi connectivity index (χ0v) is 19.4. The van der Waals surface area contributed by atoms with Crippen LogP contribution in [0.1, 0.15) is 19.4 Å². The predicted molar refractivity (Wildman–Crippen MR) is 134 cm³/mol. The van der Waals surface area contributed by atoms with Crippen LogP contribution in [0.15, 0.2) is 71.7 Å². The van der Waals surface area contributed by atoms with Gasteiger partial charge in [-0.05, 0) is 49.7 Å². The van der Waals surface area contributed by atoms with Crippen LogP contribution in [-0.2, 0) is 22.6 Å². The summed E-state index contributed by atoms with van der Waals surface area (Å²) in [5.74, 6) is 0.794.